The minimum absolute atomic E-state index is 0.237. The Morgan fingerprint density at radius 3 is 2.64 bits per heavy atom. The number of carbonyl (C=O) groups excluding carboxylic acids is 1. The van der Waals surface area contributed by atoms with Crippen molar-refractivity contribution in [2.75, 3.05) is 10.6 Å². The first-order chi connectivity index (χ1) is 12.0. The van der Waals surface area contributed by atoms with E-state index in [9.17, 15) is 4.79 Å². The number of nitrogens with one attached hydrogen (secondary N) is 2. The normalized spacial score (nSPS) is 10.4. The summed E-state index contributed by atoms with van der Waals surface area (Å²) < 4.78 is 0. The standard InChI is InChI=1S/C20H18ClN3O/c1-13-6-7-14(2)19(8-13)23-18-9-15(11-22-12-18)20(25)24-17-5-3-4-16(21)10-17/h3-12,23H,1-2H3,(H,24,25). The highest BCUT2D eigenvalue weighted by molar-refractivity contribution is 6.31. The van der Waals surface area contributed by atoms with Gasteiger partial charge in [0.15, 0.2) is 0 Å². The van der Waals surface area contributed by atoms with Crippen molar-refractivity contribution in [2.45, 2.75) is 13.8 Å². The number of anilines is 3. The molecule has 0 atom stereocenters. The number of benzene rings is 2. The predicted octanol–water partition coefficient (Wildman–Crippen LogP) is 5.35. The summed E-state index contributed by atoms with van der Waals surface area (Å²) in [5.74, 6) is -0.237. The lowest BCUT2D eigenvalue weighted by Crippen LogP contribution is -2.12. The molecule has 0 radical (unpaired) electrons. The molecule has 0 aliphatic heterocycles. The van der Waals surface area contributed by atoms with Crippen molar-refractivity contribution in [2.24, 2.45) is 0 Å². The molecule has 0 aliphatic carbocycles. The molecule has 0 saturated carbocycles. The van der Waals surface area contributed by atoms with E-state index in [1.165, 1.54) is 6.20 Å². The Kier molecular flexibility index (Phi) is 5.00. The highest BCUT2D eigenvalue weighted by atomic mass is 35.5. The minimum atomic E-state index is -0.237. The van der Waals surface area contributed by atoms with E-state index in [-0.39, 0.29) is 5.91 Å². The Morgan fingerprint density at radius 2 is 1.84 bits per heavy atom. The zero-order valence-corrected chi connectivity index (χ0v) is 14.8. The van der Waals surface area contributed by atoms with Gasteiger partial charge >= 0.3 is 0 Å². The van der Waals surface area contributed by atoms with Gasteiger partial charge in [-0.25, -0.2) is 0 Å². The third-order valence-corrected chi connectivity index (χ3v) is 3.99. The van der Waals surface area contributed by atoms with Crippen molar-refractivity contribution in [3.8, 4) is 0 Å². The number of aryl methyl sites for hydroxylation is 2. The summed E-state index contributed by atoms with van der Waals surface area (Å²) in [5.41, 5.74) is 5.15. The molecule has 0 fully saturated rings. The van der Waals surface area contributed by atoms with E-state index in [0.717, 1.165) is 22.5 Å². The second-order valence-corrected chi connectivity index (χ2v) is 6.31. The summed E-state index contributed by atoms with van der Waals surface area (Å²) in [4.78, 5) is 16.6. The minimum Gasteiger partial charge on any atom is -0.354 e. The Bertz CT molecular complexity index is 924. The first kappa shape index (κ1) is 17.0. The summed E-state index contributed by atoms with van der Waals surface area (Å²) in [6.07, 6.45) is 3.23. The van der Waals surface area contributed by atoms with Crippen LogP contribution < -0.4 is 10.6 Å². The number of halogens is 1. The molecule has 0 aliphatic rings. The largest absolute Gasteiger partial charge is 0.354 e. The molecular formula is C20H18ClN3O. The fourth-order valence-electron chi connectivity index (χ4n) is 2.43. The van der Waals surface area contributed by atoms with Crippen molar-refractivity contribution in [3.63, 3.8) is 0 Å². The molecule has 2 N–H and O–H groups in total. The molecule has 1 amide bonds. The summed E-state index contributed by atoms with van der Waals surface area (Å²) in [7, 11) is 0. The average Bonchev–Trinajstić information content (AvgIpc) is 2.58. The van der Waals surface area contributed by atoms with Gasteiger partial charge in [0.05, 0.1) is 17.4 Å². The van der Waals surface area contributed by atoms with Crippen LogP contribution in [0.1, 0.15) is 21.5 Å². The highest BCUT2D eigenvalue weighted by Crippen LogP contribution is 2.22. The molecule has 0 bridgehead atoms. The van der Waals surface area contributed by atoms with Crippen LogP contribution in [-0.2, 0) is 0 Å². The van der Waals surface area contributed by atoms with Crippen LogP contribution in [0.5, 0.6) is 0 Å². The summed E-state index contributed by atoms with van der Waals surface area (Å²) in [6, 6.07) is 15.0. The molecule has 126 valence electrons. The second-order valence-electron chi connectivity index (χ2n) is 5.87. The van der Waals surface area contributed by atoms with Gasteiger partial charge in [-0.15, -0.1) is 0 Å². The van der Waals surface area contributed by atoms with E-state index in [2.05, 4.69) is 33.8 Å². The first-order valence-electron chi connectivity index (χ1n) is 7.87. The van der Waals surface area contributed by atoms with Crippen molar-refractivity contribution in [1.29, 1.82) is 0 Å². The number of hydrogen-bond acceptors (Lipinski definition) is 3. The Morgan fingerprint density at radius 1 is 1.00 bits per heavy atom. The third kappa shape index (κ3) is 4.37. The molecule has 3 aromatic rings. The lowest BCUT2D eigenvalue weighted by atomic mass is 10.1. The number of nitrogens with zero attached hydrogens (tertiary/aromatic N) is 1. The van der Waals surface area contributed by atoms with E-state index in [1.54, 1.807) is 36.5 Å². The van der Waals surface area contributed by atoms with E-state index < -0.39 is 0 Å². The summed E-state index contributed by atoms with van der Waals surface area (Å²) in [6.45, 7) is 4.07. The maximum absolute atomic E-state index is 12.4. The van der Waals surface area contributed by atoms with Gasteiger partial charge in [-0.05, 0) is 55.3 Å². The molecular weight excluding hydrogens is 334 g/mol. The van der Waals surface area contributed by atoms with Gasteiger partial charge in [-0.1, -0.05) is 29.8 Å². The number of aromatic nitrogens is 1. The van der Waals surface area contributed by atoms with Crippen LogP contribution in [0.15, 0.2) is 60.9 Å². The number of hydrogen-bond donors (Lipinski definition) is 2. The quantitative estimate of drug-likeness (QED) is 0.666. The highest BCUT2D eigenvalue weighted by Gasteiger charge is 2.09. The Labute approximate surface area is 151 Å². The van der Waals surface area contributed by atoms with Crippen LogP contribution in [0.25, 0.3) is 0 Å². The molecule has 25 heavy (non-hydrogen) atoms. The molecule has 0 spiro atoms. The van der Waals surface area contributed by atoms with E-state index in [4.69, 9.17) is 11.6 Å². The molecule has 5 heteroatoms. The fourth-order valence-corrected chi connectivity index (χ4v) is 2.62. The predicted molar refractivity (Wildman–Crippen MR) is 103 cm³/mol. The van der Waals surface area contributed by atoms with Crippen LogP contribution in [0, 0.1) is 13.8 Å². The van der Waals surface area contributed by atoms with Gasteiger partial charge in [-0.2, -0.15) is 0 Å². The van der Waals surface area contributed by atoms with Gasteiger partial charge in [0.25, 0.3) is 5.91 Å². The molecule has 0 unspecified atom stereocenters. The van der Waals surface area contributed by atoms with Crippen LogP contribution in [0.3, 0.4) is 0 Å². The van der Waals surface area contributed by atoms with Gasteiger partial charge in [0.2, 0.25) is 0 Å². The SMILES string of the molecule is Cc1ccc(C)c(Nc2cncc(C(=O)Nc3cccc(Cl)c3)c2)c1. The van der Waals surface area contributed by atoms with Crippen molar-refractivity contribution in [1.82, 2.24) is 4.98 Å². The van der Waals surface area contributed by atoms with Crippen LogP contribution in [-0.4, -0.2) is 10.9 Å². The lowest BCUT2D eigenvalue weighted by molar-refractivity contribution is 0.102. The van der Waals surface area contributed by atoms with E-state index >= 15 is 0 Å². The lowest BCUT2D eigenvalue weighted by Gasteiger charge is -2.11. The number of rotatable bonds is 4. The van der Waals surface area contributed by atoms with Crippen molar-refractivity contribution >= 4 is 34.6 Å². The molecule has 1 aromatic heterocycles. The maximum atomic E-state index is 12.4. The zero-order valence-electron chi connectivity index (χ0n) is 14.0. The van der Waals surface area contributed by atoms with Gasteiger partial charge in [-0.3, -0.25) is 9.78 Å². The molecule has 1 heterocycles. The Balaban J connectivity index is 1.79. The van der Waals surface area contributed by atoms with Crippen LogP contribution in [0.4, 0.5) is 17.1 Å². The van der Waals surface area contributed by atoms with E-state index in [0.29, 0.717) is 16.3 Å². The second kappa shape index (κ2) is 7.36. The monoisotopic (exact) mass is 351 g/mol. The van der Waals surface area contributed by atoms with Gasteiger partial charge in [0.1, 0.15) is 0 Å². The molecule has 2 aromatic carbocycles. The molecule has 0 saturated heterocycles. The summed E-state index contributed by atoms with van der Waals surface area (Å²) >= 11 is 5.94. The van der Waals surface area contributed by atoms with Crippen molar-refractivity contribution < 1.29 is 4.79 Å². The van der Waals surface area contributed by atoms with Gasteiger partial charge in [0, 0.05) is 22.6 Å². The smallest absolute Gasteiger partial charge is 0.257 e. The molecule has 3 rings (SSSR count). The Hall–Kier alpha value is -2.85. The topological polar surface area (TPSA) is 54.0 Å². The van der Waals surface area contributed by atoms with Crippen molar-refractivity contribution in [3.05, 3.63) is 82.6 Å². The van der Waals surface area contributed by atoms with Gasteiger partial charge < -0.3 is 10.6 Å². The molecule has 4 nitrogen and oxygen atoms in total. The average molecular weight is 352 g/mol. The third-order valence-electron chi connectivity index (χ3n) is 3.76. The zero-order chi connectivity index (χ0) is 17.8. The number of amides is 1. The maximum Gasteiger partial charge on any atom is 0.257 e. The van der Waals surface area contributed by atoms with Crippen LogP contribution in [0.2, 0.25) is 5.02 Å². The first-order valence-corrected chi connectivity index (χ1v) is 8.25. The summed E-state index contributed by atoms with van der Waals surface area (Å²) in [5, 5.41) is 6.71. The van der Waals surface area contributed by atoms with Crippen LogP contribution >= 0.6 is 11.6 Å². The number of carbonyl (C=O) groups is 1. The van der Waals surface area contributed by atoms with E-state index in [1.807, 2.05) is 13.8 Å². The fraction of sp³-hybridized carbons (Fsp3) is 0.100. The number of pyridine rings is 1.